The van der Waals surface area contributed by atoms with Crippen molar-refractivity contribution in [3.63, 3.8) is 0 Å². The summed E-state index contributed by atoms with van der Waals surface area (Å²) in [5.41, 5.74) is 0. The maximum Gasteiger partial charge on any atom is -0.00150 e. The van der Waals surface area contributed by atoms with Gasteiger partial charge in [-0.25, -0.2) is 0 Å². The van der Waals surface area contributed by atoms with Gasteiger partial charge in [0.05, 0.1) is 0 Å². The third-order valence-electron chi connectivity index (χ3n) is 3.17. The average molecular weight is 198 g/mol. The Bertz CT molecular complexity index is 166. The largest absolute Gasteiger partial charge is 0.0891 e. The van der Waals surface area contributed by atoms with Crippen LogP contribution in [0.4, 0.5) is 0 Å². The molecule has 1 fully saturated rings. The second-order valence-corrected chi connectivity index (χ2v) is 5.21. The minimum Gasteiger partial charge on any atom is -0.0891 e. The molecule has 1 aliphatic rings. The van der Waals surface area contributed by atoms with E-state index in [1.807, 2.05) is 0 Å². The van der Waals surface area contributed by atoms with Gasteiger partial charge in [0.1, 0.15) is 0 Å². The maximum atomic E-state index is 5.42. The molecule has 0 aromatic rings. The monoisotopic (exact) mass is 198 g/mol. The van der Waals surface area contributed by atoms with E-state index >= 15 is 0 Å². The van der Waals surface area contributed by atoms with Crippen LogP contribution in [0.15, 0.2) is 0 Å². The molecule has 1 saturated carbocycles. The number of hydrogen-bond acceptors (Lipinski definition) is 1. The van der Waals surface area contributed by atoms with Gasteiger partial charge in [0.2, 0.25) is 0 Å². The molecule has 0 aromatic heterocycles. The first-order chi connectivity index (χ1) is 6.15. The van der Waals surface area contributed by atoms with Crippen molar-refractivity contribution >= 4 is 17.1 Å². The Morgan fingerprint density at radius 2 is 2.00 bits per heavy atom. The molecule has 0 saturated heterocycles. The average Bonchev–Trinajstić information content (AvgIpc) is 2.01. The molecule has 0 nitrogen and oxygen atoms in total. The van der Waals surface area contributed by atoms with E-state index < -0.39 is 0 Å². The van der Waals surface area contributed by atoms with E-state index in [0.29, 0.717) is 5.92 Å². The second kappa shape index (κ2) is 5.09. The standard InChI is InChI=1S/C12H22S/c1-4-5-6-10-7-11(8-10)12(13)9(2)3/h9-11H,4-8H2,1-3H3. The maximum absolute atomic E-state index is 5.42. The molecule has 0 bridgehead atoms. The molecule has 0 heterocycles. The molecule has 0 N–H and O–H groups in total. The van der Waals surface area contributed by atoms with Crippen LogP contribution >= 0.6 is 12.2 Å². The summed E-state index contributed by atoms with van der Waals surface area (Å²) in [6.07, 6.45) is 6.96. The van der Waals surface area contributed by atoms with Crippen LogP contribution in [-0.2, 0) is 0 Å². The van der Waals surface area contributed by atoms with Crippen LogP contribution in [-0.4, -0.2) is 4.86 Å². The smallest absolute Gasteiger partial charge is 0.00150 e. The molecular weight excluding hydrogens is 176 g/mol. The fraction of sp³-hybridized carbons (Fsp3) is 0.917. The number of rotatable bonds is 5. The van der Waals surface area contributed by atoms with Crippen LogP contribution in [0.3, 0.4) is 0 Å². The molecule has 76 valence electrons. The van der Waals surface area contributed by atoms with Gasteiger partial charge in [-0.05, 0) is 35.5 Å². The summed E-state index contributed by atoms with van der Waals surface area (Å²) in [4.78, 5) is 1.33. The van der Waals surface area contributed by atoms with Crippen molar-refractivity contribution in [1.29, 1.82) is 0 Å². The van der Waals surface area contributed by atoms with E-state index in [4.69, 9.17) is 12.2 Å². The molecule has 0 unspecified atom stereocenters. The lowest BCUT2D eigenvalue weighted by atomic mass is 9.69. The lowest BCUT2D eigenvalue weighted by Gasteiger charge is -2.37. The first kappa shape index (κ1) is 11.2. The lowest BCUT2D eigenvalue weighted by Crippen LogP contribution is -2.31. The van der Waals surface area contributed by atoms with Gasteiger partial charge in [-0.3, -0.25) is 0 Å². The van der Waals surface area contributed by atoms with Crippen molar-refractivity contribution < 1.29 is 0 Å². The first-order valence-corrected chi connectivity index (χ1v) is 6.09. The van der Waals surface area contributed by atoms with Gasteiger partial charge >= 0.3 is 0 Å². The summed E-state index contributed by atoms with van der Waals surface area (Å²) in [5, 5.41) is 0. The van der Waals surface area contributed by atoms with Crippen molar-refractivity contribution in [2.24, 2.45) is 17.8 Å². The molecule has 1 rings (SSSR count). The Labute approximate surface area is 88.1 Å². The summed E-state index contributed by atoms with van der Waals surface area (Å²) in [7, 11) is 0. The van der Waals surface area contributed by atoms with Crippen molar-refractivity contribution in [2.75, 3.05) is 0 Å². The van der Waals surface area contributed by atoms with Crippen LogP contribution < -0.4 is 0 Å². The quantitative estimate of drug-likeness (QED) is 0.596. The zero-order valence-electron chi connectivity index (χ0n) is 9.18. The van der Waals surface area contributed by atoms with Gasteiger partial charge in [0.15, 0.2) is 0 Å². The van der Waals surface area contributed by atoms with Crippen LogP contribution in [0.1, 0.15) is 52.9 Å². The van der Waals surface area contributed by atoms with Gasteiger partial charge in [-0.1, -0.05) is 52.3 Å². The molecule has 0 spiro atoms. The summed E-state index contributed by atoms with van der Waals surface area (Å²) < 4.78 is 0. The van der Waals surface area contributed by atoms with Gasteiger partial charge in [0, 0.05) is 0 Å². The van der Waals surface area contributed by atoms with Gasteiger partial charge < -0.3 is 0 Å². The third-order valence-corrected chi connectivity index (χ3v) is 3.98. The van der Waals surface area contributed by atoms with Gasteiger partial charge in [0.25, 0.3) is 0 Å². The molecule has 0 radical (unpaired) electrons. The topological polar surface area (TPSA) is 0 Å². The molecular formula is C12H22S. The summed E-state index contributed by atoms with van der Waals surface area (Å²) >= 11 is 5.42. The zero-order valence-corrected chi connectivity index (χ0v) is 9.99. The minimum absolute atomic E-state index is 0.618. The Kier molecular flexibility index (Phi) is 4.37. The van der Waals surface area contributed by atoms with Crippen LogP contribution in [0.5, 0.6) is 0 Å². The summed E-state index contributed by atoms with van der Waals surface area (Å²) in [6.45, 7) is 6.72. The van der Waals surface area contributed by atoms with E-state index in [0.717, 1.165) is 11.8 Å². The van der Waals surface area contributed by atoms with Crippen LogP contribution in [0.2, 0.25) is 0 Å². The first-order valence-electron chi connectivity index (χ1n) is 5.68. The Hall–Kier alpha value is 0.0900. The highest BCUT2D eigenvalue weighted by Crippen LogP contribution is 2.39. The predicted octanol–water partition coefficient (Wildman–Crippen LogP) is 4.23. The van der Waals surface area contributed by atoms with E-state index in [-0.39, 0.29) is 0 Å². The van der Waals surface area contributed by atoms with Crippen molar-refractivity contribution in [2.45, 2.75) is 52.9 Å². The SMILES string of the molecule is CCCCC1CC(C(=S)C(C)C)C1. The highest BCUT2D eigenvalue weighted by Gasteiger charge is 2.31. The summed E-state index contributed by atoms with van der Waals surface area (Å²) in [6, 6.07) is 0. The van der Waals surface area contributed by atoms with E-state index in [9.17, 15) is 0 Å². The fourth-order valence-electron chi connectivity index (χ4n) is 2.17. The number of thiocarbonyl (C=S) groups is 1. The van der Waals surface area contributed by atoms with E-state index in [1.165, 1.54) is 37.0 Å². The highest BCUT2D eigenvalue weighted by atomic mass is 32.1. The second-order valence-electron chi connectivity index (χ2n) is 4.73. The summed E-state index contributed by atoms with van der Waals surface area (Å²) in [5.74, 6) is 2.41. The van der Waals surface area contributed by atoms with Crippen LogP contribution in [0, 0.1) is 17.8 Å². The van der Waals surface area contributed by atoms with E-state index in [1.54, 1.807) is 0 Å². The zero-order chi connectivity index (χ0) is 9.84. The fourth-order valence-corrected chi connectivity index (χ4v) is 2.36. The molecule has 0 amide bonds. The van der Waals surface area contributed by atoms with Crippen molar-refractivity contribution in [3.05, 3.63) is 0 Å². The third kappa shape index (κ3) is 3.05. The molecule has 0 aliphatic heterocycles. The highest BCUT2D eigenvalue weighted by molar-refractivity contribution is 7.80. The van der Waals surface area contributed by atoms with Gasteiger partial charge in [-0.2, -0.15) is 0 Å². The van der Waals surface area contributed by atoms with Crippen molar-refractivity contribution in [1.82, 2.24) is 0 Å². The Balaban J connectivity index is 2.14. The Morgan fingerprint density at radius 1 is 1.38 bits per heavy atom. The lowest BCUT2D eigenvalue weighted by molar-refractivity contribution is 0.234. The number of unbranched alkanes of at least 4 members (excludes halogenated alkanes) is 1. The molecule has 1 heteroatoms. The normalized spacial score (nSPS) is 27.4. The van der Waals surface area contributed by atoms with Gasteiger partial charge in [-0.15, -0.1) is 0 Å². The predicted molar refractivity (Wildman–Crippen MR) is 63.2 cm³/mol. The number of hydrogen-bond donors (Lipinski definition) is 0. The van der Waals surface area contributed by atoms with Crippen LogP contribution in [0.25, 0.3) is 0 Å². The Morgan fingerprint density at radius 3 is 2.46 bits per heavy atom. The molecule has 0 aromatic carbocycles. The van der Waals surface area contributed by atoms with E-state index in [2.05, 4.69) is 20.8 Å². The molecule has 13 heavy (non-hydrogen) atoms. The minimum atomic E-state index is 0.618. The molecule has 0 atom stereocenters. The van der Waals surface area contributed by atoms with Crippen molar-refractivity contribution in [3.8, 4) is 0 Å². The molecule has 1 aliphatic carbocycles.